The smallest absolute Gasteiger partial charge is 0.275 e. The predicted molar refractivity (Wildman–Crippen MR) is 108 cm³/mol. The Morgan fingerprint density at radius 1 is 1.17 bits per heavy atom. The third kappa shape index (κ3) is 4.26. The lowest BCUT2D eigenvalue weighted by atomic mass is 10.1. The van der Waals surface area contributed by atoms with E-state index in [-0.39, 0.29) is 24.3 Å². The van der Waals surface area contributed by atoms with E-state index in [9.17, 15) is 4.79 Å². The van der Waals surface area contributed by atoms with Crippen LogP contribution in [0.4, 0.5) is 0 Å². The van der Waals surface area contributed by atoms with E-state index in [2.05, 4.69) is 18.1 Å². The zero-order valence-corrected chi connectivity index (χ0v) is 16.8. The minimum atomic E-state index is -0.203. The maximum absolute atomic E-state index is 12.7. The number of ether oxygens (including phenoxy) is 2. The summed E-state index contributed by atoms with van der Waals surface area (Å²) in [5.41, 5.74) is 3.81. The van der Waals surface area contributed by atoms with Crippen LogP contribution in [0.1, 0.15) is 32.9 Å². The van der Waals surface area contributed by atoms with Gasteiger partial charge >= 0.3 is 0 Å². The summed E-state index contributed by atoms with van der Waals surface area (Å²) in [4.78, 5) is 14.3. The maximum Gasteiger partial charge on any atom is 0.275 e. The first-order valence-electron chi connectivity index (χ1n) is 9.65. The molecule has 1 amide bonds. The highest BCUT2D eigenvalue weighted by Crippen LogP contribution is 2.28. The lowest BCUT2D eigenvalue weighted by Crippen LogP contribution is -2.36. The molecule has 0 unspecified atom stereocenters. The van der Waals surface area contributed by atoms with Crippen molar-refractivity contribution in [1.29, 1.82) is 0 Å². The molecule has 1 aliphatic heterocycles. The van der Waals surface area contributed by atoms with Crippen molar-refractivity contribution in [1.82, 2.24) is 10.1 Å². The number of rotatable bonds is 6. The summed E-state index contributed by atoms with van der Waals surface area (Å²) in [6.45, 7) is 4.79. The highest BCUT2D eigenvalue weighted by atomic mass is 16.5. The summed E-state index contributed by atoms with van der Waals surface area (Å²) in [7, 11) is 1.74. The van der Waals surface area contributed by atoms with Gasteiger partial charge in [0.25, 0.3) is 5.91 Å². The Morgan fingerprint density at radius 3 is 2.79 bits per heavy atom. The van der Waals surface area contributed by atoms with E-state index in [4.69, 9.17) is 14.0 Å². The zero-order valence-electron chi connectivity index (χ0n) is 16.8. The quantitative estimate of drug-likeness (QED) is 0.636. The fraction of sp³-hybridized carbons (Fsp3) is 0.304. The van der Waals surface area contributed by atoms with Crippen molar-refractivity contribution in [3.05, 3.63) is 76.7 Å². The standard InChI is InChI=1S/C23H24N2O4/c1-15-8-9-18(10-16(15)2)27-14-20-12-21(24-29-20)23(26)25(3)13-19-11-17-6-4-5-7-22(17)28-19/h4-10,12,19H,11,13-14H2,1-3H3/t19-/m1/s1. The van der Waals surface area contributed by atoms with E-state index in [1.54, 1.807) is 18.0 Å². The van der Waals surface area contributed by atoms with Gasteiger partial charge in [-0.05, 0) is 48.7 Å². The SMILES string of the molecule is Cc1ccc(OCc2cc(C(=O)N(C)C[C@H]3Cc4ccccc4O3)no2)cc1C. The molecule has 6 heteroatoms. The molecule has 3 aromatic rings. The number of carbonyl (C=O) groups excluding carboxylic acids is 1. The molecule has 0 saturated carbocycles. The highest BCUT2D eigenvalue weighted by Gasteiger charge is 2.26. The summed E-state index contributed by atoms with van der Waals surface area (Å²) in [6, 6.07) is 15.5. The van der Waals surface area contributed by atoms with Crippen molar-refractivity contribution in [2.45, 2.75) is 33.0 Å². The van der Waals surface area contributed by atoms with Gasteiger partial charge in [0.05, 0.1) is 6.54 Å². The first-order chi connectivity index (χ1) is 14.0. The van der Waals surface area contributed by atoms with Gasteiger partial charge in [-0.2, -0.15) is 0 Å². The summed E-state index contributed by atoms with van der Waals surface area (Å²) in [5.74, 6) is 1.95. The lowest BCUT2D eigenvalue weighted by molar-refractivity contribution is 0.0720. The van der Waals surface area contributed by atoms with Crippen molar-refractivity contribution in [2.75, 3.05) is 13.6 Å². The van der Waals surface area contributed by atoms with Crippen LogP contribution >= 0.6 is 0 Å². The van der Waals surface area contributed by atoms with Crippen molar-refractivity contribution >= 4 is 5.91 Å². The van der Waals surface area contributed by atoms with Crippen LogP contribution in [0.2, 0.25) is 0 Å². The average molecular weight is 392 g/mol. The Bertz CT molecular complexity index is 1000. The maximum atomic E-state index is 12.7. The lowest BCUT2D eigenvalue weighted by Gasteiger charge is -2.19. The fourth-order valence-corrected chi connectivity index (χ4v) is 3.38. The second-order valence-electron chi connectivity index (χ2n) is 7.45. The largest absolute Gasteiger partial charge is 0.488 e. The van der Waals surface area contributed by atoms with Gasteiger partial charge in [0, 0.05) is 19.5 Å². The molecular formula is C23H24N2O4. The fourth-order valence-electron chi connectivity index (χ4n) is 3.38. The molecule has 2 aromatic carbocycles. The molecule has 0 radical (unpaired) electrons. The van der Waals surface area contributed by atoms with E-state index < -0.39 is 0 Å². The van der Waals surface area contributed by atoms with Crippen LogP contribution < -0.4 is 9.47 Å². The molecule has 0 spiro atoms. The number of amides is 1. The molecule has 1 aliphatic rings. The molecule has 0 fully saturated rings. The van der Waals surface area contributed by atoms with Gasteiger partial charge in [-0.1, -0.05) is 29.4 Å². The van der Waals surface area contributed by atoms with Gasteiger partial charge in [-0.3, -0.25) is 4.79 Å². The number of aryl methyl sites for hydroxylation is 2. The van der Waals surface area contributed by atoms with Gasteiger partial charge in [-0.15, -0.1) is 0 Å². The second kappa shape index (κ2) is 7.99. The molecule has 0 N–H and O–H groups in total. The molecule has 0 bridgehead atoms. The average Bonchev–Trinajstić information content (AvgIpc) is 3.34. The summed E-state index contributed by atoms with van der Waals surface area (Å²) >= 11 is 0. The van der Waals surface area contributed by atoms with Crippen molar-refractivity contribution < 1.29 is 18.8 Å². The first kappa shape index (κ1) is 19.1. The molecule has 1 aromatic heterocycles. The van der Waals surface area contributed by atoms with Gasteiger partial charge in [0.1, 0.15) is 24.2 Å². The Balaban J connectivity index is 1.32. The third-order valence-corrected chi connectivity index (χ3v) is 5.18. The van der Waals surface area contributed by atoms with E-state index in [0.29, 0.717) is 12.3 Å². The number of aromatic nitrogens is 1. The number of nitrogens with zero attached hydrogens (tertiary/aromatic N) is 2. The van der Waals surface area contributed by atoms with Crippen LogP contribution in [0.25, 0.3) is 0 Å². The molecule has 150 valence electrons. The summed E-state index contributed by atoms with van der Waals surface area (Å²) in [6.07, 6.45) is 0.739. The van der Waals surface area contributed by atoms with Crippen molar-refractivity contribution in [3.63, 3.8) is 0 Å². The van der Waals surface area contributed by atoms with Crippen LogP contribution in [0, 0.1) is 13.8 Å². The number of carbonyl (C=O) groups is 1. The number of benzene rings is 2. The molecule has 4 rings (SSSR count). The molecule has 0 aliphatic carbocycles. The molecule has 2 heterocycles. The van der Waals surface area contributed by atoms with E-state index in [1.165, 1.54) is 11.1 Å². The van der Waals surface area contributed by atoms with Gasteiger partial charge in [0.15, 0.2) is 11.5 Å². The number of likely N-dealkylation sites (N-methyl/N-ethyl adjacent to an activating group) is 1. The Morgan fingerprint density at radius 2 is 2.00 bits per heavy atom. The predicted octanol–water partition coefficient (Wildman–Crippen LogP) is 3.95. The Kier molecular flexibility index (Phi) is 5.25. The summed E-state index contributed by atoms with van der Waals surface area (Å²) in [5, 5.41) is 3.91. The van der Waals surface area contributed by atoms with Crippen LogP contribution in [-0.4, -0.2) is 35.7 Å². The minimum Gasteiger partial charge on any atom is -0.488 e. The number of para-hydroxylation sites is 1. The normalized spacial score (nSPS) is 14.9. The zero-order chi connectivity index (χ0) is 20.4. The van der Waals surface area contributed by atoms with E-state index in [0.717, 1.165) is 23.5 Å². The van der Waals surface area contributed by atoms with Crippen LogP contribution in [-0.2, 0) is 13.0 Å². The molecule has 6 nitrogen and oxygen atoms in total. The Labute approximate surface area is 170 Å². The first-order valence-corrected chi connectivity index (χ1v) is 9.65. The highest BCUT2D eigenvalue weighted by molar-refractivity contribution is 5.92. The summed E-state index contributed by atoms with van der Waals surface area (Å²) < 4.78 is 16.9. The monoisotopic (exact) mass is 392 g/mol. The van der Waals surface area contributed by atoms with Crippen LogP contribution in [0.5, 0.6) is 11.5 Å². The van der Waals surface area contributed by atoms with Crippen LogP contribution in [0.15, 0.2) is 53.1 Å². The molecule has 29 heavy (non-hydrogen) atoms. The van der Waals surface area contributed by atoms with Gasteiger partial charge in [-0.25, -0.2) is 0 Å². The molecule has 0 saturated heterocycles. The topological polar surface area (TPSA) is 64.8 Å². The van der Waals surface area contributed by atoms with Crippen molar-refractivity contribution in [3.8, 4) is 11.5 Å². The van der Waals surface area contributed by atoms with Gasteiger partial charge in [0.2, 0.25) is 0 Å². The van der Waals surface area contributed by atoms with Crippen molar-refractivity contribution in [2.24, 2.45) is 0 Å². The number of hydrogen-bond acceptors (Lipinski definition) is 5. The van der Waals surface area contributed by atoms with Crippen LogP contribution in [0.3, 0.4) is 0 Å². The number of fused-ring (bicyclic) bond motifs is 1. The number of hydrogen-bond donors (Lipinski definition) is 0. The van der Waals surface area contributed by atoms with Gasteiger partial charge < -0.3 is 18.9 Å². The third-order valence-electron chi connectivity index (χ3n) is 5.18. The molecule has 1 atom stereocenters. The Hall–Kier alpha value is -3.28. The molecular weight excluding hydrogens is 368 g/mol. The van der Waals surface area contributed by atoms with E-state index >= 15 is 0 Å². The minimum absolute atomic E-state index is 0.0548. The van der Waals surface area contributed by atoms with E-state index in [1.807, 2.05) is 43.3 Å². The second-order valence-corrected chi connectivity index (χ2v) is 7.45.